The van der Waals surface area contributed by atoms with Crippen molar-refractivity contribution in [2.24, 2.45) is 0 Å². The number of nitrogens with zero attached hydrogens (tertiary/aromatic N) is 10. The average molecular weight is 723 g/mol. The van der Waals surface area contributed by atoms with E-state index in [-0.39, 0.29) is 30.3 Å². The minimum absolute atomic E-state index is 0.109. The van der Waals surface area contributed by atoms with Crippen LogP contribution in [0.4, 0.5) is 8.78 Å². The van der Waals surface area contributed by atoms with Crippen LogP contribution in [-0.2, 0) is 32.8 Å². The molecule has 4 aromatic heterocycles. The Morgan fingerprint density at radius 3 is 1.60 bits per heavy atom. The fourth-order valence-electron chi connectivity index (χ4n) is 4.50. The van der Waals surface area contributed by atoms with Crippen LogP contribution in [-0.4, -0.2) is 84.1 Å². The minimum atomic E-state index is -3.58. The molecule has 4 heterocycles. The highest BCUT2D eigenvalue weighted by Crippen LogP contribution is 2.31. The summed E-state index contributed by atoms with van der Waals surface area (Å²) in [6.45, 7) is 5.14. The summed E-state index contributed by atoms with van der Waals surface area (Å²) in [5, 5.41) is 17.0. The van der Waals surface area contributed by atoms with E-state index in [1.807, 2.05) is 20.1 Å². The van der Waals surface area contributed by atoms with Gasteiger partial charge in [-0.25, -0.2) is 46.5 Å². The van der Waals surface area contributed by atoms with Crippen LogP contribution in [0.2, 0.25) is 0 Å². The number of hydrogen-bond acceptors (Lipinski definition) is 13. The molecule has 260 valence electrons. The van der Waals surface area contributed by atoms with Gasteiger partial charge in [-0.2, -0.15) is 0 Å². The molecule has 0 unspecified atom stereocenters. The smallest absolute Gasteiger partial charge is 0.247 e. The Morgan fingerprint density at radius 2 is 1.16 bits per heavy atom. The second kappa shape index (κ2) is 16.6. The monoisotopic (exact) mass is 722 g/mol. The molecule has 0 bridgehead atoms. The lowest BCUT2D eigenvalue weighted by Gasteiger charge is -2.08. The maximum absolute atomic E-state index is 13.2. The predicted octanol–water partition coefficient (Wildman–Crippen LogP) is 5.20. The lowest BCUT2D eigenvalue weighted by atomic mass is 10.1. The normalized spacial score (nSPS) is 11.3. The predicted molar refractivity (Wildman–Crippen MR) is 181 cm³/mol. The van der Waals surface area contributed by atoms with Crippen LogP contribution in [0.15, 0.2) is 83.4 Å². The number of halogens is 2. The van der Waals surface area contributed by atoms with Gasteiger partial charge in [-0.3, -0.25) is 0 Å². The summed E-state index contributed by atoms with van der Waals surface area (Å²) in [7, 11) is -3.58. The molecule has 0 radical (unpaired) electrons. The van der Waals surface area contributed by atoms with E-state index in [2.05, 4.69) is 40.6 Å². The molecule has 6 aromatic rings. The molecule has 0 amide bonds. The molecule has 0 aliphatic rings. The molecule has 0 saturated carbocycles. The van der Waals surface area contributed by atoms with Gasteiger partial charge in [-0.15, -0.1) is 10.2 Å². The SMILES string of the molecule is CCOCn1nnc(-c2ccc(F)cc2)c1-c1ccnc(S(C)(=O)=O)n1.CCOCn1nnc(-c2ccc(F)cc2)c1-c1ccnc(SC)n1. The van der Waals surface area contributed by atoms with Crippen molar-refractivity contribution in [3.63, 3.8) is 0 Å². The number of sulfone groups is 1. The topological polar surface area (TPSA) is 166 Å². The van der Waals surface area contributed by atoms with Gasteiger partial charge in [0, 0.05) is 43.0 Å². The third-order valence-corrected chi connectivity index (χ3v) is 8.23. The van der Waals surface area contributed by atoms with Gasteiger partial charge in [0.05, 0.1) is 11.4 Å². The zero-order chi connectivity index (χ0) is 35.7. The van der Waals surface area contributed by atoms with Gasteiger partial charge in [0.25, 0.3) is 0 Å². The summed E-state index contributed by atoms with van der Waals surface area (Å²) in [6, 6.07) is 15.2. The first-order valence-electron chi connectivity index (χ1n) is 15.1. The first-order valence-corrected chi connectivity index (χ1v) is 18.2. The number of rotatable bonds is 12. The van der Waals surface area contributed by atoms with Crippen molar-refractivity contribution >= 4 is 21.6 Å². The van der Waals surface area contributed by atoms with Gasteiger partial charge in [0.1, 0.15) is 47.9 Å². The van der Waals surface area contributed by atoms with E-state index in [0.29, 0.717) is 58.1 Å². The molecule has 0 fully saturated rings. The van der Waals surface area contributed by atoms with Crippen LogP contribution < -0.4 is 0 Å². The van der Waals surface area contributed by atoms with Gasteiger partial charge in [-0.05, 0) is 80.8 Å². The zero-order valence-corrected chi connectivity index (χ0v) is 29.1. The number of thioether (sulfide) groups is 1. The highest BCUT2D eigenvalue weighted by molar-refractivity contribution is 7.98. The molecule has 0 N–H and O–H groups in total. The van der Waals surface area contributed by atoms with E-state index in [0.717, 1.165) is 11.8 Å². The summed E-state index contributed by atoms with van der Waals surface area (Å²) >= 11 is 1.45. The van der Waals surface area contributed by atoms with E-state index in [1.54, 1.807) is 47.3 Å². The molecule has 0 aliphatic heterocycles. The van der Waals surface area contributed by atoms with Crippen LogP contribution in [0.25, 0.3) is 45.3 Å². The molecule has 0 aliphatic carbocycles. The molecule has 2 aromatic carbocycles. The molecule has 50 heavy (non-hydrogen) atoms. The van der Waals surface area contributed by atoms with E-state index < -0.39 is 9.84 Å². The summed E-state index contributed by atoms with van der Waals surface area (Å²) in [5.74, 6) is -0.674. The standard InChI is InChI=1S/C16H16FN5O3S.C16H16FN5OS/c1-3-25-10-22-15(13-8-9-18-16(19-13)26(2,23)24)14(20-21-22)11-4-6-12(17)7-5-11;1-3-23-10-22-15(13-8-9-18-16(19-13)24-2)14(20-21-22)11-4-6-12(17)7-5-11/h4-9H,3,10H2,1-2H3;4-9H,3,10H2,1-2H3. The summed E-state index contributed by atoms with van der Waals surface area (Å²) in [5.41, 5.74) is 4.62. The Hall–Kier alpha value is -5.04. The van der Waals surface area contributed by atoms with Crippen LogP contribution in [0, 0.1) is 11.6 Å². The summed E-state index contributed by atoms with van der Waals surface area (Å²) in [6.07, 6.45) is 5.99. The van der Waals surface area contributed by atoms with Gasteiger partial charge < -0.3 is 9.47 Å². The van der Waals surface area contributed by atoms with Gasteiger partial charge in [0.15, 0.2) is 5.16 Å². The molecular weight excluding hydrogens is 691 g/mol. The van der Waals surface area contributed by atoms with Crippen molar-refractivity contribution in [3.8, 4) is 45.3 Å². The first kappa shape index (κ1) is 36.2. The van der Waals surface area contributed by atoms with E-state index in [1.165, 1.54) is 46.9 Å². The zero-order valence-electron chi connectivity index (χ0n) is 27.4. The maximum Gasteiger partial charge on any atom is 0.247 e. The van der Waals surface area contributed by atoms with Crippen molar-refractivity contribution in [3.05, 3.63) is 84.7 Å². The van der Waals surface area contributed by atoms with Crippen LogP contribution >= 0.6 is 11.8 Å². The van der Waals surface area contributed by atoms with Crippen molar-refractivity contribution in [1.82, 2.24) is 49.9 Å². The van der Waals surface area contributed by atoms with Crippen LogP contribution in [0.5, 0.6) is 0 Å². The van der Waals surface area contributed by atoms with Gasteiger partial charge >= 0.3 is 0 Å². The molecule has 14 nitrogen and oxygen atoms in total. The molecule has 18 heteroatoms. The third kappa shape index (κ3) is 8.75. The van der Waals surface area contributed by atoms with Crippen molar-refractivity contribution in [1.29, 1.82) is 0 Å². The molecule has 0 atom stereocenters. The second-order valence-corrected chi connectivity index (χ2v) is 12.9. The number of ether oxygens (including phenoxy) is 2. The number of hydrogen-bond donors (Lipinski definition) is 0. The Morgan fingerprint density at radius 1 is 0.700 bits per heavy atom. The minimum Gasteiger partial charge on any atom is -0.359 e. The Labute approximate surface area is 290 Å². The van der Waals surface area contributed by atoms with Crippen LogP contribution in [0.1, 0.15) is 13.8 Å². The fourth-order valence-corrected chi connectivity index (χ4v) is 5.37. The van der Waals surface area contributed by atoms with Crippen LogP contribution in [0.3, 0.4) is 0 Å². The van der Waals surface area contributed by atoms with Gasteiger partial charge in [0.2, 0.25) is 15.0 Å². The highest BCUT2D eigenvalue weighted by atomic mass is 32.2. The third-order valence-electron chi connectivity index (χ3n) is 6.81. The Kier molecular flexibility index (Phi) is 12.0. The molecule has 6 rings (SSSR count). The highest BCUT2D eigenvalue weighted by Gasteiger charge is 2.21. The summed E-state index contributed by atoms with van der Waals surface area (Å²) in [4.78, 5) is 16.6. The number of aromatic nitrogens is 10. The Bertz CT molecular complexity index is 2150. The quantitative estimate of drug-likeness (QED) is 0.120. The van der Waals surface area contributed by atoms with E-state index in [4.69, 9.17) is 9.47 Å². The van der Waals surface area contributed by atoms with E-state index >= 15 is 0 Å². The molecule has 0 saturated heterocycles. The van der Waals surface area contributed by atoms with Gasteiger partial charge in [-0.1, -0.05) is 22.2 Å². The van der Waals surface area contributed by atoms with Crippen molar-refractivity contribution < 1.29 is 26.7 Å². The van der Waals surface area contributed by atoms with E-state index in [9.17, 15) is 17.2 Å². The average Bonchev–Trinajstić information content (AvgIpc) is 3.75. The number of benzene rings is 2. The van der Waals surface area contributed by atoms with Crippen molar-refractivity contribution in [2.45, 2.75) is 37.6 Å². The largest absolute Gasteiger partial charge is 0.359 e. The molecular formula is C32H32F2N10O4S2. The van der Waals surface area contributed by atoms with Crippen molar-refractivity contribution in [2.75, 3.05) is 25.7 Å². The summed E-state index contributed by atoms with van der Waals surface area (Å²) < 4.78 is 64.0. The second-order valence-electron chi connectivity index (χ2n) is 10.3. The maximum atomic E-state index is 13.2. The Balaban J connectivity index is 0.000000195. The first-order chi connectivity index (χ1) is 24.1. The fraction of sp³-hybridized carbons (Fsp3) is 0.250. The lowest BCUT2D eigenvalue weighted by molar-refractivity contribution is 0.0789. The lowest BCUT2D eigenvalue weighted by Crippen LogP contribution is -2.09. The molecule has 0 spiro atoms.